The average Bonchev–Trinajstić information content (AvgIpc) is 3.02. The number of aromatic nitrogens is 2. The fourth-order valence-corrected chi connectivity index (χ4v) is 3.78. The lowest BCUT2D eigenvalue weighted by Crippen LogP contribution is -2.12. The van der Waals surface area contributed by atoms with Gasteiger partial charge >= 0.3 is 16.1 Å². The molecule has 130 valence electrons. The summed E-state index contributed by atoms with van der Waals surface area (Å²) < 4.78 is 43.2. The number of rotatable bonds is 5. The van der Waals surface area contributed by atoms with Crippen LogP contribution in [0.5, 0.6) is 5.75 Å². The van der Waals surface area contributed by atoms with Crippen LogP contribution in [0.4, 0.5) is 0 Å². The first-order valence-corrected chi connectivity index (χ1v) is 9.47. The van der Waals surface area contributed by atoms with Gasteiger partial charge in [0.2, 0.25) is 0 Å². The zero-order valence-electron chi connectivity index (χ0n) is 13.4. The molecule has 25 heavy (non-hydrogen) atoms. The van der Waals surface area contributed by atoms with Crippen molar-refractivity contribution in [1.29, 1.82) is 0 Å². The summed E-state index contributed by atoms with van der Waals surface area (Å²) in [6.45, 7) is 3.49. The number of carbonyl (C=O) groups is 1. The third-order valence-electron chi connectivity index (χ3n) is 3.16. The molecule has 0 aliphatic rings. The molecular formula is C16H14N2O5S2. The number of fused-ring (bicyclic) bond motifs is 1. The van der Waals surface area contributed by atoms with Crippen LogP contribution in [0.1, 0.15) is 24.2 Å². The largest absolute Gasteiger partial charge is 0.459 e. The maximum absolute atomic E-state index is 12.5. The molecule has 0 saturated carbocycles. The van der Waals surface area contributed by atoms with E-state index in [0.717, 1.165) is 11.7 Å². The van der Waals surface area contributed by atoms with E-state index in [-0.39, 0.29) is 22.3 Å². The molecular weight excluding hydrogens is 364 g/mol. The quantitative estimate of drug-likeness (QED) is 0.497. The lowest BCUT2D eigenvalue weighted by Gasteiger charge is -2.09. The molecule has 1 heterocycles. The Morgan fingerprint density at radius 3 is 2.48 bits per heavy atom. The molecule has 0 unspecified atom stereocenters. The van der Waals surface area contributed by atoms with E-state index >= 15 is 0 Å². The lowest BCUT2D eigenvalue weighted by molar-refractivity contribution is 0.0378. The van der Waals surface area contributed by atoms with Crippen LogP contribution in [0.2, 0.25) is 0 Å². The van der Waals surface area contributed by atoms with E-state index < -0.39 is 16.1 Å². The van der Waals surface area contributed by atoms with Gasteiger partial charge in [0.05, 0.1) is 23.4 Å². The van der Waals surface area contributed by atoms with Crippen molar-refractivity contribution < 1.29 is 22.1 Å². The third-order valence-corrected chi connectivity index (χ3v) is 4.98. The standard InChI is InChI=1S/C16H14N2O5S2/c1-10(2)22-16(19)11-6-8-12(9-7-11)23-25(20,21)14-5-3-4-13-15(14)18-24-17-13/h3-10H,1-2H3. The van der Waals surface area contributed by atoms with Crippen molar-refractivity contribution in [2.75, 3.05) is 0 Å². The molecule has 0 bridgehead atoms. The molecule has 0 amide bonds. The number of nitrogens with zero attached hydrogens (tertiary/aromatic N) is 2. The molecule has 2 aromatic carbocycles. The van der Waals surface area contributed by atoms with Crippen LogP contribution in [-0.4, -0.2) is 29.2 Å². The first-order chi connectivity index (χ1) is 11.9. The zero-order chi connectivity index (χ0) is 18.0. The Hall–Kier alpha value is -2.52. The van der Waals surface area contributed by atoms with Crippen LogP contribution >= 0.6 is 11.7 Å². The van der Waals surface area contributed by atoms with E-state index in [1.165, 1.54) is 30.3 Å². The highest BCUT2D eigenvalue weighted by Gasteiger charge is 2.22. The predicted octanol–water partition coefficient (Wildman–Crippen LogP) is 3.02. The number of ether oxygens (including phenoxy) is 1. The Morgan fingerprint density at radius 1 is 1.08 bits per heavy atom. The number of esters is 1. The van der Waals surface area contributed by atoms with Crippen LogP contribution in [0.15, 0.2) is 47.4 Å². The highest BCUT2D eigenvalue weighted by molar-refractivity contribution is 7.87. The third kappa shape index (κ3) is 3.77. The van der Waals surface area contributed by atoms with Crippen molar-refractivity contribution >= 4 is 38.8 Å². The molecule has 0 aliphatic carbocycles. The van der Waals surface area contributed by atoms with Gasteiger partial charge in [-0.15, -0.1) is 0 Å². The van der Waals surface area contributed by atoms with Crippen LogP contribution < -0.4 is 4.18 Å². The zero-order valence-corrected chi connectivity index (χ0v) is 15.0. The number of benzene rings is 2. The Bertz CT molecular complexity index is 1010. The minimum absolute atomic E-state index is 0.0537. The number of hydrogen-bond donors (Lipinski definition) is 0. The average molecular weight is 378 g/mol. The summed E-state index contributed by atoms with van der Waals surface area (Å²) in [6, 6.07) is 10.3. The van der Waals surface area contributed by atoms with Gasteiger partial charge in [0, 0.05) is 0 Å². The van der Waals surface area contributed by atoms with Gasteiger partial charge in [0.1, 0.15) is 21.7 Å². The lowest BCUT2D eigenvalue weighted by atomic mass is 10.2. The Labute approximate surface area is 148 Å². The maximum atomic E-state index is 12.5. The highest BCUT2D eigenvalue weighted by Crippen LogP contribution is 2.25. The fraction of sp³-hybridized carbons (Fsp3) is 0.188. The first-order valence-electron chi connectivity index (χ1n) is 7.33. The second kappa shape index (κ2) is 6.77. The van der Waals surface area contributed by atoms with Gasteiger partial charge in [0.25, 0.3) is 0 Å². The summed E-state index contributed by atoms with van der Waals surface area (Å²) in [4.78, 5) is 11.7. The molecule has 0 N–H and O–H groups in total. The van der Waals surface area contributed by atoms with Crippen molar-refractivity contribution in [3.05, 3.63) is 48.0 Å². The van der Waals surface area contributed by atoms with Crippen LogP contribution in [0.25, 0.3) is 11.0 Å². The van der Waals surface area contributed by atoms with Crippen molar-refractivity contribution in [3.63, 3.8) is 0 Å². The van der Waals surface area contributed by atoms with Gasteiger partial charge in [-0.25, -0.2) is 4.79 Å². The van der Waals surface area contributed by atoms with E-state index in [4.69, 9.17) is 8.92 Å². The van der Waals surface area contributed by atoms with Crippen molar-refractivity contribution in [2.24, 2.45) is 0 Å². The SMILES string of the molecule is CC(C)OC(=O)c1ccc(OS(=O)(=O)c2cccc3nsnc23)cc1. The predicted molar refractivity (Wildman–Crippen MR) is 92.2 cm³/mol. The summed E-state index contributed by atoms with van der Waals surface area (Å²) in [5, 5.41) is 0. The van der Waals surface area contributed by atoms with E-state index in [0.29, 0.717) is 11.1 Å². The molecule has 0 atom stereocenters. The second-order valence-corrected chi connectivity index (χ2v) is 7.45. The fourth-order valence-electron chi connectivity index (χ4n) is 2.08. The van der Waals surface area contributed by atoms with Crippen LogP contribution in [0.3, 0.4) is 0 Å². The van der Waals surface area contributed by atoms with Crippen molar-refractivity contribution in [3.8, 4) is 5.75 Å². The maximum Gasteiger partial charge on any atom is 0.341 e. The second-order valence-electron chi connectivity index (χ2n) is 5.40. The van der Waals surface area contributed by atoms with E-state index in [2.05, 4.69) is 8.75 Å². The Balaban J connectivity index is 1.84. The van der Waals surface area contributed by atoms with Gasteiger partial charge in [-0.1, -0.05) is 6.07 Å². The Kier molecular flexibility index (Phi) is 4.69. The first kappa shape index (κ1) is 17.3. The molecule has 1 aromatic heterocycles. The Morgan fingerprint density at radius 2 is 1.80 bits per heavy atom. The van der Waals surface area contributed by atoms with Gasteiger partial charge in [-0.3, -0.25) is 0 Å². The van der Waals surface area contributed by atoms with Gasteiger partial charge < -0.3 is 8.92 Å². The highest BCUT2D eigenvalue weighted by atomic mass is 32.2. The van der Waals surface area contributed by atoms with E-state index in [9.17, 15) is 13.2 Å². The molecule has 0 fully saturated rings. The monoisotopic (exact) mass is 378 g/mol. The minimum Gasteiger partial charge on any atom is -0.459 e. The number of hydrogen-bond acceptors (Lipinski definition) is 8. The molecule has 0 aliphatic heterocycles. The number of carbonyl (C=O) groups excluding carboxylic acids is 1. The summed E-state index contributed by atoms with van der Waals surface area (Å²) >= 11 is 0.928. The molecule has 0 spiro atoms. The van der Waals surface area contributed by atoms with Crippen molar-refractivity contribution in [2.45, 2.75) is 24.8 Å². The molecule has 3 aromatic rings. The summed E-state index contributed by atoms with van der Waals surface area (Å²) in [5.41, 5.74) is 1.07. The smallest absolute Gasteiger partial charge is 0.341 e. The van der Waals surface area contributed by atoms with Gasteiger partial charge in [-0.2, -0.15) is 17.2 Å². The van der Waals surface area contributed by atoms with Crippen LogP contribution in [0, 0.1) is 0 Å². The molecule has 3 rings (SSSR count). The topological polar surface area (TPSA) is 95.5 Å². The normalized spacial score (nSPS) is 11.6. The minimum atomic E-state index is -4.07. The summed E-state index contributed by atoms with van der Waals surface area (Å²) in [5.74, 6) is -0.399. The van der Waals surface area contributed by atoms with E-state index in [1.807, 2.05) is 0 Å². The van der Waals surface area contributed by atoms with E-state index in [1.54, 1.807) is 26.0 Å². The molecule has 0 saturated heterocycles. The summed E-state index contributed by atoms with van der Waals surface area (Å²) in [6.07, 6.45) is -0.240. The summed E-state index contributed by atoms with van der Waals surface area (Å²) in [7, 11) is -4.07. The molecule has 9 heteroatoms. The van der Waals surface area contributed by atoms with Gasteiger partial charge in [0.15, 0.2) is 0 Å². The van der Waals surface area contributed by atoms with Crippen molar-refractivity contribution in [1.82, 2.24) is 8.75 Å². The van der Waals surface area contributed by atoms with Gasteiger partial charge in [-0.05, 0) is 50.2 Å². The van der Waals surface area contributed by atoms with Crippen LogP contribution in [-0.2, 0) is 14.9 Å². The molecule has 7 nitrogen and oxygen atoms in total. The molecule has 0 radical (unpaired) electrons.